The number of aryl methyl sites for hydroxylation is 1. The highest BCUT2D eigenvalue weighted by Crippen LogP contribution is 2.35. The molecule has 114 valence electrons. The van der Waals surface area contributed by atoms with Crippen LogP contribution in [0.15, 0.2) is 41.5 Å². The lowest BCUT2D eigenvalue weighted by Crippen LogP contribution is -2.32. The number of aromatic nitrogens is 2. The van der Waals surface area contributed by atoms with E-state index >= 15 is 0 Å². The molecule has 0 unspecified atom stereocenters. The maximum atomic E-state index is 11.7. The molecule has 1 aliphatic carbocycles. The first-order valence-corrected chi connectivity index (χ1v) is 7.36. The molecule has 0 bridgehead atoms. The van der Waals surface area contributed by atoms with Crippen molar-refractivity contribution in [2.75, 3.05) is 0 Å². The molecule has 1 saturated carbocycles. The van der Waals surface area contributed by atoms with E-state index in [-0.39, 0.29) is 11.3 Å². The predicted octanol–water partition coefficient (Wildman–Crippen LogP) is 1.78. The SMILES string of the molecule is Cn1ccc(-c2ccc(C3(O)CCC(=O)CC3)nc2)cc1=O. The minimum absolute atomic E-state index is 0.0778. The van der Waals surface area contributed by atoms with Crippen LogP contribution in [0.3, 0.4) is 0 Å². The summed E-state index contributed by atoms with van der Waals surface area (Å²) in [6.07, 6.45) is 5.02. The van der Waals surface area contributed by atoms with E-state index in [0.717, 1.165) is 11.1 Å². The van der Waals surface area contributed by atoms with Crippen molar-refractivity contribution in [1.29, 1.82) is 0 Å². The van der Waals surface area contributed by atoms with Crippen LogP contribution in [0.25, 0.3) is 11.1 Å². The zero-order valence-corrected chi connectivity index (χ0v) is 12.5. The van der Waals surface area contributed by atoms with Crippen LogP contribution in [0.2, 0.25) is 0 Å². The standard InChI is InChI=1S/C17H18N2O3/c1-19-9-6-12(10-16(19)21)13-2-3-15(18-11-13)17(22)7-4-14(20)5-8-17/h2-3,6,9-11,22H,4-5,7-8H2,1H3. The number of rotatable bonds is 2. The van der Waals surface area contributed by atoms with Gasteiger partial charge in [-0.2, -0.15) is 0 Å². The molecule has 0 amide bonds. The van der Waals surface area contributed by atoms with E-state index in [1.54, 1.807) is 31.6 Å². The summed E-state index contributed by atoms with van der Waals surface area (Å²) in [5.41, 5.74) is 1.13. The Balaban J connectivity index is 1.88. The van der Waals surface area contributed by atoms with Crippen LogP contribution in [0.4, 0.5) is 0 Å². The Labute approximate surface area is 128 Å². The van der Waals surface area contributed by atoms with Crippen molar-refractivity contribution in [3.63, 3.8) is 0 Å². The van der Waals surface area contributed by atoms with Crippen LogP contribution in [-0.4, -0.2) is 20.4 Å². The summed E-state index contributed by atoms with van der Waals surface area (Å²) < 4.78 is 1.51. The molecule has 0 saturated heterocycles. The van der Waals surface area contributed by atoms with E-state index < -0.39 is 5.60 Å². The second kappa shape index (κ2) is 5.50. The van der Waals surface area contributed by atoms with Crippen molar-refractivity contribution in [3.05, 3.63) is 52.7 Å². The number of aliphatic hydroxyl groups is 1. The Morgan fingerprint density at radius 1 is 1.14 bits per heavy atom. The van der Waals surface area contributed by atoms with E-state index in [0.29, 0.717) is 31.4 Å². The highest BCUT2D eigenvalue weighted by atomic mass is 16.3. The molecule has 2 aromatic heterocycles. The van der Waals surface area contributed by atoms with Gasteiger partial charge in [0.15, 0.2) is 0 Å². The van der Waals surface area contributed by atoms with Gasteiger partial charge in [0, 0.05) is 43.9 Å². The highest BCUT2D eigenvalue weighted by molar-refractivity contribution is 5.79. The first-order valence-electron chi connectivity index (χ1n) is 7.36. The Morgan fingerprint density at radius 2 is 1.86 bits per heavy atom. The molecule has 3 rings (SSSR count). The van der Waals surface area contributed by atoms with Crippen LogP contribution in [0, 0.1) is 0 Å². The van der Waals surface area contributed by atoms with E-state index in [2.05, 4.69) is 4.98 Å². The molecular weight excluding hydrogens is 280 g/mol. The third kappa shape index (κ3) is 2.72. The second-order valence-electron chi connectivity index (χ2n) is 5.87. The summed E-state index contributed by atoms with van der Waals surface area (Å²) in [4.78, 5) is 27.4. The van der Waals surface area contributed by atoms with Gasteiger partial charge in [0.05, 0.1) is 5.69 Å². The minimum Gasteiger partial charge on any atom is -0.384 e. The van der Waals surface area contributed by atoms with Crippen LogP contribution < -0.4 is 5.56 Å². The lowest BCUT2D eigenvalue weighted by molar-refractivity contribution is -0.125. The van der Waals surface area contributed by atoms with Gasteiger partial charge in [-0.05, 0) is 30.5 Å². The van der Waals surface area contributed by atoms with Crippen LogP contribution >= 0.6 is 0 Å². The molecular formula is C17H18N2O3. The molecule has 0 aliphatic heterocycles. The van der Waals surface area contributed by atoms with Gasteiger partial charge < -0.3 is 9.67 Å². The number of hydrogen-bond donors (Lipinski definition) is 1. The number of ketones is 1. The number of hydrogen-bond acceptors (Lipinski definition) is 4. The van der Waals surface area contributed by atoms with Crippen molar-refractivity contribution in [2.24, 2.45) is 7.05 Å². The van der Waals surface area contributed by atoms with Gasteiger partial charge in [-0.3, -0.25) is 14.6 Å². The molecule has 1 N–H and O–H groups in total. The molecule has 2 heterocycles. The molecule has 0 spiro atoms. The maximum absolute atomic E-state index is 11.7. The summed E-state index contributed by atoms with van der Waals surface area (Å²) >= 11 is 0. The predicted molar refractivity (Wildman–Crippen MR) is 82.3 cm³/mol. The molecule has 1 fully saturated rings. The van der Waals surface area contributed by atoms with Gasteiger partial charge in [-0.1, -0.05) is 6.07 Å². The molecule has 0 radical (unpaired) electrons. The molecule has 22 heavy (non-hydrogen) atoms. The summed E-state index contributed by atoms with van der Waals surface area (Å²) in [6.45, 7) is 0. The van der Waals surface area contributed by atoms with Crippen molar-refractivity contribution in [3.8, 4) is 11.1 Å². The van der Waals surface area contributed by atoms with Gasteiger partial charge >= 0.3 is 0 Å². The molecule has 2 aromatic rings. The van der Waals surface area contributed by atoms with E-state index in [9.17, 15) is 14.7 Å². The van der Waals surface area contributed by atoms with E-state index in [1.807, 2.05) is 12.1 Å². The minimum atomic E-state index is -1.01. The molecule has 5 nitrogen and oxygen atoms in total. The van der Waals surface area contributed by atoms with Gasteiger partial charge in [-0.25, -0.2) is 0 Å². The number of carbonyl (C=O) groups is 1. The third-order valence-electron chi connectivity index (χ3n) is 4.31. The van der Waals surface area contributed by atoms with Crippen LogP contribution in [0.1, 0.15) is 31.4 Å². The summed E-state index contributed by atoms with van der Waals surface area (Å²) in [5.74, 6) is 0.196. The topological polar surface area (TPSA) is 72.2 Å². The van der Waals surface area contributed by atoms with Crippen molar-refractivity contribution in [2.45, 2.75) is 31.3 Å². The second-order valence-corrected chi connectivity index (χ2v) is 5.87. The largest absolute Gasteiger partial charge is 0.384 e. The number of carbonyl (C=O) groups excluding carboxylic acids is 1. The highest BCUT2D eigenvalue weighted by Gasteiger charge is 2.35. The first-order chi connectivity index (χ1) is 10.5. The summed E-state index contributed by atoms with van der Waals surface area (Å²) in [7, 11) is 1.70. The lowest BCUT2D eigenvalue weighted by atomic mass is 9.81. The average Bonchev–Trinajstić information content (AvgIpc) is 2.53. The normalized spacial score (nSPS) is 17.5. The summed E-state index contributed by atoms with van der Waals surface area (Å²) in [6, 6.07) is 7.05. The van der Waals surface area contributed by atoms with Crippen LogP contribution in [-0.2, 0) is 17.4 Å². The lowest BCUT2D eigenvalue weighted by Gasteiger charge is -2.30. The van der Waals surface area contributed by atoms with Crippen molar-refractivity contribution in [1.82, 2.24) is 9.55 Å². The van der Waals surface area contributed by atoms with Crippen molar-refractivity contribution < 1.29 is 9.90 Å². The quantitative estimate of drug-likeness (QED) is 0.917. The van der Waals surface area contributed by atoms with Gasteiger partial charge in [0.1, 0.15) is 11.4 Å². The molecule has 5 heteroatoms. The Bertz CT molecular complexity index is 752. The monoisotopic (exact) mass is 298 g/mol. The van der Waals surface area contributed by atoms with Crippen LogP contribution in [0.5, 0.6) is 0 Å². The first kappa shape index (κ1) is 14.7. The molecule has 0 atom stereocenters. The zero-order valence-electron chi connectivity index (χ0n) is 12.5. The Hall–Kier alpha value is -2.27. The fourth-order valence-corrected chi connectivity index (χ4v) is 2.77. The molecule has 1 aliphatic rings. The fourth-order valence-electron chi connectivity index (χ4n) is 2.77. The zero-order chi connectivity index (χ0) is 15.7. The van der Waals surface area contributed by atoms with Gasteiger partial charge in [0.2, 0.25) is 0 Å². The fraction of sp³-hybridized carbons (Fsp3) is 0.353. The smallest absolute Gasteiger partial charge is 0.250 e. The number of pyridine rings is 2. The van der Waals surface area contributed by atoms with Gasteiger partial charge in [-0.15, -0.1) is 0 Å². The van der Waals surface area contributed by atoms with Gasteiger partial charge in [0.25, 0.3) is 5.56 Å². The van der Waals surface area contributed by atoms with Crippen molar-refractivity contribution >= 4 is 5.78 Å². The van der Waals surface area contributed by atoms with E-state index in [4.69, 9.17) is 0 Å². The maximum Gasteiger partial charge on any atom is 0.250 e. The van der Waals surface area contributed by atoms with E-state index in [1.165, 1.54) is 4.57 Å². The third-order valence-corrected chi connectivity index (χ3v) is 4.31. The Kier molecular flexibility index (Phi) is 3.66. The molecule has 0 aromatic carbocycles. The number of Topliss-reactive ketones (excluding diaryl/α,β-unsaturated/α-hetero) is 1. The summed E-state index contributed by atoms with van der Waals surface area (Å²) in [5, 5.41) is 10.6. The Morgan fingerprint density at radius 3 is 2.45 bits per heavy atom. The average molecular weight is 298 g/mol. The number of nitrogens with zero attached hydrogens (tertiary/aromatic N) is 2.